The monoisotopic (exact) mass is 474 g/mol. The minimum atomic E-state index is -0.501. The second kappa shape index (κ2) is 14.1. The second-order valence-electron chi connectivity index (χ2n) is 8.76. The van der Waals surface area contributed by atoms with Gasteiger partial charge in [0.2, 0.25) is 18.2 Å². The first-order valence-corrected chi connectivity index (χ1v) is 12.7. The van der Waals surface area contributed by atoms with Crippen molar-refractivity contribution in [3.8, 4) is 0 Å². The number of hydrogen-bond donors (Lipinski definition) is 3. The lowest BCUT2D eigenvalue weighted by Gasteiger charge is -2.29. The lowest BCUT2D eigenvalue weighted by Crippen LogP contribution is -2.52. The molecule has 0 aromatic heterocycles. The predicted octanol–water partition coefficient (Wildman–Crippen LogP) is 2.66. The van der Waals surface area contributed by atoms with Crippen molar-refractivity contribution in [2.24, 2.45) is 11.7 Å². The zero-order chi connectivity index (χ0) is 25.1. The normalized spacial score (nSPS) is 27.5. The van der Waals surface area contributed by atoms with Crippen molar-refractivity contribution >= 4 is 18.2 Å². The zero-order valence-electron chi connectivity index (χ0n) is 21.1. The van der Waals surface area contributed by atoms with Crippen LogP contribution in [0.1, 0.15) is 77.0 Å². The van der Waals surface area contributed by atoms with Crippen LogP contribution in [0.4, 0.5) is 0 Å². The van der Waals surface area contributed by atoms with E-state index in [1.165, 1.54) is 17.5 Å². The Labute approximate surface area is 204 Å². The highest BCUT2D eigenvalue weighted by Gasteiger charge is 2.45. The molecule has 1 aliphatic carbocycles. The van der Waals surface area contributed by atoms with Gasteiger partial charge in [-0.2, -0.15) is 0 Å². The second-order valence-corrected chi connectivity index (χ2v) is 8.76. The first kappa shape index (κ1) is 27.8. The van der Waals surface area contributed by atoms with E-state index in [4.69, 9.17) is 10.5 Å². The number of amides is 3. The minimum Gasteiger partial charge on any atom is -0.358 e. The lowest BCUT2D eigenvalue weighted by molar-refractivity contribution is -0.143. The Kier molecular flexibility index (Phi) is 11.5. The third-order valence-corrected chi connectivity index (χ3v) is 6.89. The molecule has 0 saturated carbocycles. The molecule has 3 amide bonds. The molecule has 3 aliphatic rings. The lowest BCUT2D eigenvalue weighted by atomic mass is 9.88. The number of ether oxygens (including phenoxy) is 1. The van der Waals surface area contributed by atoms with Crippen LogP contribution in [0.25, 0.3) is 0 Å². The molecule has 4 rings (SSSR count). The van der Waals surface area contributed by atoms with E-state index in [0.717, 1.165) is 32.1 Å². The summed E-state index contributed by atoms with van der Waals surface area (Å²) in [6.07, 6.45) is 6.48. The van der Waals surface area contributed by atoms with Crippen LogP contribution in [-0.4, -0.2) is 54.6 Å². The maximum Gasteiger partial charge on any atom is 0.247 e. The standard InChI is InChI=1S/C13H23N3O3.C11H13NO.C2H6/c1-3-9-6-12-16(8(9)2)13(18)10(4-5-19-12)15-11(17)7-14;13-8-12-11-7-3-5-9-4-1-2-6-10(9)11;1-2/h8-10,12H,3-7,14H2,1-2H3,(H,15,17);1-2,4,6,8,11H,3,5,7H2,(H,12,13);1-2H3. The maximum absolute atomic E-state index is 12.5. The third kappa shape index (κ3) is 6.79. The molecule has 190 valence electrons. The highest BCUT2D eigenvalue weighted by atomic mass is 16.5. The van der Waals surface area contributed by atoms with Crippen LogP contribution < -0.4 is 16.4 Å². The zero-order valence-corrected chi connectivity index (χ0v) is 21.1. The van der Waals surface area contributed by atoms with Crippen LogP contribution in [-0.2, 0) is 25.5 Å². The molecular formula is C26H42N4O4. The summed E-state index contributed by atoms with van der Waals surface area (Å²) < 4.78 is 5.77. The predicted molar refractivity (Wildman–Crippen MR) is 133 cm³/mol. The van der Waals surface area contributed by atoms with Crippen molar-refractivity contribution in [1.82, 2.24) is 15.5 Å². The van der Waals surface area contributed by atoms with E-state index in [1.807, 2.05) is 24.8 Å². The largest absolute Gasteiger partial charge is 0.358 e. The Morgan fingerprint density at radius 2 is 1.97 bits per heavy atom. The molecule has 2 aliphatic heterocycles. The van der Waals surface area contributed by atoms with Crippen LogP contribution in [0.5, 0.6) is 0 Å². The van der Waals surface area contributed by atoms with Crippen LogP contribution in [0.15, 0.2) is 24.3 Å². The number of aryl methyl sites for hydroxylation is 1. The van der Waals surface area contributed by atoms with Crippen LogP contribution in [0.3, 0.4) is 0 Å². The van der Waals surface area contributed by atoms with E-state index in [2.05, 4.69) is 42.7 Å². The fraction of sp³-hybridized carbons (Fsp3) is 0.654. The van der Waals surface area contributed by atoms with Crippen molar-refractivity contribution in [2.45, 2.75) is 90.6 Å². The van der Waals surface area contributed by atoms with E-state index in [1.54, 1.807) is 0 Å². The summed E-state index contributed by atoms with van der Waals surface area (Å²) in [7, 11) is 0. The fourth-order valence-corrected chi connectivity index (χ4v) is 5.08. The van der Waals surface area contributed by atoms with Crippen molar-refractivity contribution < 1.29 is 19.1 Å². The summed E-state index contributed by atoms with van der Waals surface area (Å²) in [6, 6.07) is 8.24. The number of rotatable bonds is 5. The summed E-state index contributed by atoms with van der Waals surface area (Å²) in [4.78, 5) is 36.1. The molecule has 0 spiro atoms. The third-order valence-electron chi connectivity index (χ3n) is 6.89. The molecule has 1 aromatic rings. The van der Waals surface area contributed by atoms with Gasteiger partial charge in [-0.1, -0.05) is 51.5 Å². The highest BCUT2D eigenvalue weighted by Crippen LogP contribution is 2.34. The first-order chi connectivity index (χ1) is 16.5. The van der Waals surface area contributed by atoms with Crippen molar-refractivity contribution in [3.05, 3.63) is 35.4 Å². The van der Waals surface area contributed by atoms with E-state index in [0.29, 0.717) is 18.9 Å². The molecule has 4 N–H and O–H groups in total. The van der Waals surface area contributed by atoms with Crippen molar-refractivity contribution in [2.75, 3.05) is 13.2 Å². The molecule has 1 aromatic carbocycles. The summed E-state index contributed by atoms with van der Waals surface area (Å²) in [5.41, 5.74) is 7.96. The first-order valence-electron chi connectivity index (χ1n) is 12.7. The fourth-order valence-electron chi connectivity index (χ4n) is 5.08. The Hall–Kier alpha value is -2.45. The number of carbonyl (C=O) groups is 3. The van der Waals surface area contributed by atoms with Crippen LogP contribution in [0, 0.1) is 5.92 Å². The van der Waals surface area contributed by atoms with Gasteiger partial charge in [0.15, 0.2) is 0 Å². The Balaban J connectivity index is 0.000000237. The average molecular weight is 475 g/mol. The SMILES string of the molecule is CC.CCC1CC2OCCC(NC(=O)CN)C(=O)N2C1C.O=CNC1CCCc2ccccc21. The van der Waals surface area contributed by atoms with E-state index in [-0.39, 0.29) is 36.7 Å². The van der Waals surface area contributed by atoms with Gasteiger partial charge in [0.1, 0.15) is 12.3 Å². The summed E-state index contributed by atoms with van der Waals surface area (Å²) in [6.45, 7) is 8.58. The minimum absolute atomic E-state index is 0.0345. The molecule has 0 bridgehead atoms. The Bertz CT molecular complexity index is 803. The van der Waals surface area contributed by atoms with Crippen LogP contribution >= 0.6 is 0 Å². The summed E-state index contributed by atoms with van der Waals surface area (Å²) in [5, 5.41) is 5.55. The van der Waals surface area contributed by atoms with Gasteiger partial charge >= 0.3 is 0 Å². The van der Waals surface area contributed by atoms with E-state index in [9.17, 15) is 14.4 Å². The highest BCUT2D eigenvalue weighted by molar-refractivity contribution is 5.88. The number of fused-ring (bicyclic) bond motifs is 2. The molecule has 0 radical (unpaired) electrons. The molecule has 5 atom stereocenters. The van der Waals surface area contributed by atoms with E-state index >= 15 is 0 Å². The van der Waals surface area contributed by atoms with Gasteiger partial charge in [0.05, 0.1) is 19.2 Å². The number of hydrogen-bond acceptors (Lipinski definition) is 5. The van der Waals surface area contributed by atoms with Gasteiger partial charge < -0.3 is 26.0 Å². The average Bonchev–Trinajstić information content (AvgIpc) is 3.11. The van der Waals surface area contributed by atoms with Crippen molar-refractivity contribution in [3.63, 3.8) is 0 Å². The summed E-state index contributed by atoms with van der Waals surface area (Å²) in [5.74, 6) is 0.140. The number of carbonyl (C=O) groups excluding carboxylic acids is 3. The molecule has 5 unspecified atom stereocenters. The molecule has 8 nitrogen and oxygen atoms in total. The van der Waals surface area contributed by atoms with Gasteiger partial charge in [-0.25, -0.2) is 0 Å². The Morgan fingerprint density at radius 3 is 2.65 bits per heavy atom. The van der Waals surface area contributed by atoms with E-state index < -0.39 is 6.04 Å². The van der Waals surface area contributed by atoms with Crippen molar-refractivity contribution in [1.29, 1.82) is 0 Å². The number of nitrogens with two attached hydrogens (primary N) is 1. The van der Waals surface area contributed by atoms with Gasteiger partial charge in [-0.05, 0) is 49.7 Å². The Morgan fingerprint density at radius 1 is 1.24 bits per heavy atom. The number of nitrogens with zero attached hydrogens (tertiary/aromatic N) is 1. The van der Waals surface area contributed by atoms with Gasteiger partial charge in [-0.15, -0.1) is 0 Å². The molecule has 2 heterocycles. The van der Waals surface area contributed by atoms with Gasteiger partial charge in [0, 0.05) is 12.5 Å². The quantitative estimate of drug-likeness (QED) is 0.568. The van der Waals surface area contributed by atoms with Crippen LogP contribution in [0.2, 0.25) is 0 Å². The smallest absolute Gasteiger partial charge is 0.247 e. The number of benzene rings is 1. The van der Waals surface area contributed by atoms with Gasteiger partial charge in [-0.3, -0.25) is 14.4 Å². The molecule has 2 fully saturated rings. The number of nitrogens with one attached hydrogen (secondary N) is 2. The molecule has 8 heteroatoms. The molecule has 2 saturated heterocycles. The maximum atomic E-state index is 12.5. The van der Waals surface area contributed by atoms with Gasteiger partial charge in [0.25, 0.3) is 0 Å². The molecule has 34 heavy (non-hydrogen) atoms. The summed E-state index contributed by atoms with van der Waals surface area (Å²) >= 11 is 0. The molecular weight excluding hydrogens is 432 g/mol. The topological polar surface area (TPSA) is 114 Å².